The summed E-state index contributed by atoms with van der Waals surface area (Å²) in [7, 11) is 2.10. The molecule has 0 N–H and O–H groups in total. The number of carbonyl (C=O) groups excluding carboxylic acids is 1. The zero-order valence-electron chi connectivity index (χ0n) is 12.1. The van der Waals surface area contributed by atoms with Gasteiger partial charge < -0.3 is 4.90 Å². The van der Waals surface area contributed by atoms with E-state index >= 15 is 0 Å². The third-order valence-electron chi connectivity index (χ3n) is 4.37. The fraction of sp³-hybridized carbons (Fsp3) is 0.857. The number of nitriles is 1. The van der Waals surface area contributed by atoms with Crippen LogP contribution in [0.4, 0.5) is 0 Å². The van der Waals surface area contributed by atoms with Crippen LogP contribution < -0.4 is 0 Å². The number of hydrogen-bond donors (Lipinski definition) is 0. The van der Waals surface area contributed by atoms with Gasteiger partial charge in [0.2, 0.25) is 5.91 Å². The number of likely N-dealkylation sites (N-methyl/N-ethyl adjacent to an activating group) is 1. The fourth-order valence-electron chi connectivity index (χ4n) is 2.63. The van der Waals surface area contributed by atoms with Gasteiger partial charge in [-0.15, -0.1) is 0 Å². The SMILES string of the molecule is CCC1CN(C(=O)C(C#N)(CC)CC)CCN1C. The Kier molecular flexibility index (Phi) is 5.15. The van der Waals surface area contributed by atoms with Crippen LogP contribution in [0.25, 0.3) is 0 Å². The summed E-state index contributed by atoms with van der Waals surface area (Å²) in [5.41, 5.74) is -0.811. The van der Waals surface area contributed by atoms with E-state index in [9.17, 15) is 10.1 Å². The number of rotatable bonds is 4. The lowest BCUT2D eigenvalue weighted by atomic mass is 9.82. The van der Waals surface area contributed by atoms with Crippen molar-refractivity contribution in [3.8, 4) is 6.07 Å². The van der Waals surface area contributed by atoms with Crippen molar-refractivity contribution in [2.24, 2.45) is 5.41 Å². The van der Waals surface area contributed by atoms with Gasteiger partial charge in [-0.1, -0.05) is 20.8 Å². The van der Waals surface area contributed by atoms with E-state index in [1.54, 1.807) is 0 Å². The van der Waals surface area contributed by atoms with Gasteiger partial charge in [0.25, 0.3) is 0 Å². The molecular weight excluding hydrogens is 226 g/mol. The van der Waals surface area contributed by atoms with E-state index in [4.69, 9.17) is 0 Å². The molecule has 1 saturated heterocycles. The van der Waals surface area contributed by atoms with Crippen molar-refractivity contribution >= 4 is 5.91 Å². The fourth-order valence-corrected chi connectivity index (χ4v) is 2.63. The van der Waals surface area contributed by atoms with Crippen LogP contribution in [0, 0.1) is 16.7 Å². The number of hydrogen-bond acceptors (Lipinski definition) is 3. The van der Waals surface area contributed by atoms with E-state index in [0.717, 1.165) is 26.1 Å². The molecule has 0 aromatic carbocycles. The predicted octanol–water partition coefficient (Wildman–Crippen LogP) is 1.87. The Bertz CT molecular complexity index is 330. The minimum Gasteiger partial charge on any atom is -0.338 e. The van der Waals surface area contributed by atoms with Gasteiger partial charge in [-0.2, -0.15) is 5.26 Å². The molecule has 4 heteroatoms. The Morgan fingerprint density at radius 1 is 1.33 bits per heavy atom. The van der Waals surface area contributed by atoms with Gasteiger partial charge in [-0.3, -0.25) is 9.69 Å². The molecule has 1 heterocycles. The first kappa shape index (κ1) is 15.0. The third-order valence-corrected chi connectivity index (χ3v) is 4.37. The molecule has 1 aliphatic heterocycles. The lowest BCUT2D eigenvalue weighted by Crippen LogP contribution is -2.56. The maximum absolute atomic E-state index is 12.6. The first-order valence-corrected chi connectivity index (χ1v) is 6.95. The molecule has 1 atom stereocenters. The second-order valence-corrected chi connectivity index (χ2v) is 5.19. The molecule has 0 saturated carbocycles. The van der Waals surface area contributed by atoms with Gasteiger partial charge in [0.05, 0.1) is 6.07 Å². The molecule has 0 bridgehead atoms. The van der Waals surface area contributed by atoms with Crippen LogP contribution in [0.1, 0.15) is 40.0 Å². The number of carbonyl (C=O) groups is 1. The van der Waals surface area contributed by atoms with Crippen LogP contribution in [0.3, 0.4) is 0 Å². The molecule has 4 nitrogen and oxygen atoms in total. The lowest BCUT2D eigenvalue weighted by molar-refractivity contribution is -0.142. The van der Waals surface area contributed by atoms with E-state index in [0.29, 0.717) is 18.9 Å². The van der Waals surface area contributed by atoms with Crippen molar-refractivity contribution in [2.45, 2.75) is 46.1 Å². The highest BCUT2D eigenvalue weighted by Crippen LogP contribution is 2.29. The maximum atomic E-state index is 12.6. The number of piperazine rings is 1. The number of amides is 1. The first-order chi connectivity index (χ1) is 8.54. The van der Waals surface area contributed by atoms with Gasteiger partial charge >= 0.3 is 0 Å². The van der Waals surface area contributed by atoms with Crippen LogP contribution >= 0.6 is 0 Å². The van der Waals surface area contributed by atoms with Crippen molar-refractivity contribution in [1.29, 1.82) is 5.26 Å². The second-order valence-electron chi connectivity index (χ2n) is 5.19. The average Bonchev–Trinajstić information content (AvgIpc) is 2.41. The molecule has 1 unspecified atom stereocenters. The van der Waals surface area contributed by atoms with E-state index < -0.39 is 5.41 Å². The summed E-state index contributed by atoms with van der Waals surface area (Å²) in [6.07, 6.45) is 2.24. The van der Waals surface area contributed by atoms with Crippen LogP contribution in [0.5, 0.6) is 0 Å². The molecule has 0 aromatic heterocycles. The standard InChI is InChI=1S/C14H25N3O/c1-5-12-10-17(9-8-16(12)4)13(18)14(6-2,7-3)11-15/h12H,5-10H2,1-4H3. The largest absolute Gasteiger partial charge is 0.338 e. The van der Waals surface area contributed by atoms with Crippen LogP contribution in [0.2, 0.25) is 0 Å². The number of nitrogens with zero attached hydrogens (tertiary/aromatic N) is 3. The third kappa shape index (κ3) is 2.67. The summed E-state index contributed by atoms with van der Waals surface area (Å²) in [6, 6.07) is 2.68. The Morgan fingerprint density at radius 2 is 1.94 bits per heavy atom. The molecule has 0 aliphatic carbocycles. The van der Waals surface area contributed by atoms with E-state index in [-0.39, 0.29) is 5.91 Å². The molecule has 0 radical (unpaired) electrons. The topological polar surface area (TPSA) is 47.3 Å². The summed E-state index contributed by atoms with van der Waals surface area (Å²) in [5, 5.41) is 9.34. The van der Waals surface area contributed by atoms with Crippen molar-refractivity contribution in [1.82, 2.24) is 9.80 Å². The van der Waals surface area contributed by atoms with Crippen molar-refractivity contribution in [3.05, 3.63) is 0 Å². The Morgan fingerprint density at radius 3 is 2.39 bits per heavy atom. The molecular formula is C14H25N3O. The van der Waals surface area contributed by atoms with E-state index in [1.807, 2.05) is 18.7 Å². The Balaban J connectivity index is 2.82. The summed E-state index contributed by atoms with van der Waals surface area (Å²) in [6.45, 7) is 8.41. The quantitative estimate of drug-likeness (QED) is 0.766. The Hall–Kier alpha value is -1.08. The predicted molar refractivity (Wildman–Crippen MR) is 71.9 cm³/mol. The normalized spacial score (nSPS) is 21.7. The monoisotopic (exact) mass is 251 g/mol. The van der Waals surface area contributed by atoms with Gasteiger partial charge in [-0.05, 0) is 26.3 Å². The highest BCUT2D eigenvalue weighted by Gasteiger charge is 2.40. The highest BCUT2D eigenvalue weighted by atomic mass is 16.2. The van der Waals surface area contributed by atoms with Gasteiger partial charge in [-0.25, -0.2) is 0 Å². The minimum atomic E-state index is -0.811. The molecule has 1 aliphatic rings. The Labute approximate surface area is 111 Å². The van der Waals surface area contributed by atoms with Crippen LogP contribution in [-0.2, 0) is 4.79 Å². The summed E-state index contributed by atoms with van der Waals surface area (Å²) >= 11 is 0. The summed E-state index contributed by atoms with van der Waals surface area (Å²) < 4.78 is 0. The van der Waals surface area contributed by atoms with Gasteiger partial charge in [0.15, 0.2) is 0 Å². The van der Waals surface area contributed by atoms with Crippen molar-refractivity contribution < 1.29 is 4.79 Å². The molecule has 0 spiro atoms. The summed E-state index contributed by atoms with van der Waals surface area (Å²) in [4.78, 5) is 16.8. The van der Waals surface area contributed by atoms with Crippen molar-refractivity contribution in [2.75, 3.05) is 26.7 Å². The van der Waals surface area contributed by atoms with E-state index in [2.05, 4.69) is 24.9 Å². The molecule has 0 aromatic rings. The molecule has 1 amide bonds. The highest BCUT2D eigenvalue weighted by molar-refractivity contribution is 5.85. The maximum Gasteiger partial charge on any atom is 0.243 e. The smallest absolute Gasteiger partial charge is 0.243 e. The second kappa shape index (κ2) is 6.19. The van der Waals surface area contributed by atoms with Crippen LogP contribution in [-0.4, -0.2) is 48.4 Å². The molecule has 1 fully saturated rings. The molecule has 18 heavy (non-hydrogen) atoms. The minimum absolute atomic E-state index is 0.0292. The van der Waals surface area contributed by atoms with Crippen molar-refractivity contribution in [3.63, 3.8) is 0 Å². The van der Waals surface area contributed by atoms with Gasteiger partial charge in [0.1, 0.15) is 5.41 Å². The van der Waals surface area contributed by atoms with Crippen LogP contribution in [0.15, 0.2) is 0 Å². The molecule has 1 rings (SSSR count). The van der Waals surface area contributed by atoms with E-state index in [1.165, 1.54) is 0 Å². The molecule has 102 valence electrons. The lowest BCUT2D eigenvalue weighted by Gasteiger charge is -2.41. The van der Waals surface area contributed by atoms with Gasteiger partial charge in [0, 0.05) is 25.7 Å². The zero-order chi connectivity index (χ0) is 13.8. The average molecular weight is 251 g/mol. The summed E-state index contributed by atoms with van der Waals surface area (Å²) in [5.74, 6) is 0.0292. The first-order valence-electron chi connectivity index (χ1n) is 6.95. The zero-order valence-corrected chi connectivity index (χ0v) is 12.1.